The number of hydrogen-bond acceptors (Lipinski definition) is 6. The summed E-state index contributed by atoms with van der Waals surface area (Å²) in [6.45, 7) is 3.02. The molecule has 1 fully saturated rings. The minimum atomic E-state index is 0.0260. The van der Waals surface area contributed by atoms with Gasteiger partial charge in [-0.25, -0.2) is 9.50 Å². The van der Waals surface area contributed by atoms with Crippen molar-refractivity contribution in [2.45, 2.75) is 6.54 Å². The third-order valence-corrected chi connectivity index (χ3v) is 5.95. The van der Waals surface area contributed by atoms with Crippen molar-refractivity contribution in [1.82, 2.24) is 24.5 Å². The first kappa shape index (κ1) is 20.3. The molecule has 0 N–H and O–H groups in total. The predicted molar refractivity (Wildman–Crippen MR) is 127 cm³/mol. The summed E-state index contributed by atoms with van der Waals surface area (Å²) >= 11 is 0. The quantitative estimate of drug-likeness (QED) is 0.440. The lowest BCUT2D eigenvalue weighted by molar-refractivity contribution is 0.0303. The van der Waals surface area contributed by atoms with Gasteiger partial charge in [-0.15, -0.1) is 0 Å². The average molecular weight is 448 g/mol. The number of hydrogen-bond donors (Lipinski definition) is 0. The summed E-state index contributed by atoms with van der Waals surface area (Å²) in [6, 6.07) is 13.3. The van der Waals surface area contributed by atoms with Gasteiger partial charge in [-0.1, -0.05) is 18.1 Å². The van der Waals surface area contributed by atoms with Crippen LogP contribution in [-0.4, -0.2) is 62.9 Å². The van der Waals surface area contributed by atoms with Crippen molar-refractivity contribution >= 4 is 17.8 Å². The highest BCUT2D eigenvalue weighted by molar-refractivity contribution is 5.94. The predicted octanol–water partition coefficient (Wildman–Crippen LogP) is 2.60. The Kier molecular flexibility index (Phi) is 5.09. The molecular weight excluding hydrogens is 428 g/mol. The summed E-state index contributed by atoms with van der Waals surface area (Å²) in [5.74, 6) is 6.43. The Labute approximate surface area is 195 Å². The second-order valence-electron chi connectivity index (χ2n) is 8.05. The molecule has 4 aromatic rings. The van der Waals surface area contributed by atoms with Gasteiger partial charge in [0.25, 0.3) is 5.91 Å². The number of amides is 1. The SMILES string of the molecule is O=C(c1ccc(-c2ccc3ncc(C#Cc4ccnc5c4C=NC5)n3n2)cc1)N1CCOCC1. The largest absolute Gasteiger partial charge is 0.378 e. The smallest absolute Gasteiger partial charge is 0.254 e. The first-order valence-corrected chi connectivity index (χ1v) is 11.1. The second-order valence-corrected chi connectivity index (χ2v) is 8.05. The van der Waals surface area contributed by atoms with Crippen molar-refractivity contribution in [2.24, 2.45) is 4.99 Å². The number of carbonyl (C=O) groups is 1. The summed E-state index contributed by atoms with van der Waals surface area (Å²) in [5.41, 5.74) is 6.56. The number of imidazole rings is 1. The van der Waals surface area contributed by atoms with Crippen LogP contribution in [0.15, 0.2) is 59.9 Å². The fourth-order valence-electron chi connectivity index (χ4n) is 4.10. The highest BCUT2D eigenvalue weighted by Crippen LogP contribution is 2.20. The number of pyridine rings is 1. The van der Waals surface area contributed by atoms with Crippen LogP contribution in [0, 0.1) is 11.8 Å². The van der Waals surface area contributed by atoms with Crippen LogP contribution in [0.2, 0.25) is 0 Å². The molecule has 5 heterocycles. The van der Waals surface area contributed by atoms with Gasteiger partial charge < -0.3 is 9.64 Å². The average Bonchev–Trinajstić information content (AvgIpc) is 3.55. The standard InChI is InChI=1S/C26H20N6O2/c33-26(31-11-13-34-14-12-31)20-3-1-19(2-4-20)23-7-8-25-29-15-21(32(25)30-23)6-5-18-9-10-28-24-17-27-16-22(18)24/h1-4,7-10,15-16H,11-14,17H2. The molecule has 2 aliphatic rings. The Balaban J connectivity index is 1.28. The molecule has 166 valence electrons. The maximum absolute atomic E-state index is 12.7. The third-order valence-electron chi connectivity index (χ3n) is 5.95. The van der Waals surface area contributed by atoms with E-state index in [1.165, 1.54) is 0 Å². The number of ether oxygens (including phenoxy) is 1. The fourth-order valence-corrected chi connectivity index (χ4v) is 4.10. The summed E-state index contributed by atoms with van der Waals surface area (Å²) in [5, 5.41) is 4.76. The number of aliphatic imine (C=N–C) groups is 1. The van der Waals surface area contributed by atoms with Crippen molar-refractivity contribution in [3.63, 3.8) is 0 Å². The Morgan fingerprint density at radius 2 is 1.82 bits per heavy atom. The van der Waals surface area contributed by atoms with E-state index in [0.29, 0.717) is 49.8 Å². The van der Waals surface area contributed by atoms with Gasteiger partial charge in [-0.3, -0.25) is 14.8 Å². The van der Waals surface area contributed by atoms with Gasteiger partial charge >= 0.3 is 0 Å². The van der Waals surface area contributed by atoms with Crippen LogP contribution >= 0.6 is 0 Å². The van der Waals surface area contributed by atoms with Crippen molar-refractivity contribution in [3.8, 4) is 23.1 Å². The number of rotatable bonds is 2. The summed E-state index contributed by atoms with van der Waals surface area (Å²) in [7, 11) is 0. The minimum absolute atomic E-state index is 0.0260. The van der Waals surface area contributed by atoms with Crippen molar-refractivity contribution in [2.75, 3.05) is 26.3 Å². The Morgan fingerprint density at radius 3 is 2.68 bits per heavy atom. The molecule has 1 aromatic carbocycles. The van der Waals surface area contributed by atoms with Gasteiger partial charge in [0, 0.05) is 47.8 Å². The van der Waals surface area contributed by atoms with Crippen LogP contribution in [-0.2, 0) is 11.3 Å². The monoisotopic (exact) mass is 448 g/mol. The molecule has 3 aromatic heterocycles. The third kappa shape index (κ3) is 3.72. The van der Waals surface area contributed by atoms with Gasteiger partial charge in [-0.05, 0) is 36.3 Å². The Hall–Kier alpha value is -4.35. The number of carbonyl (C=O) groups excluding carboxylic acids is 1. The first-order valence-electron chi connectivity index (χ1n) is 11.1. The highest BCUT2D eigenvalue weighted by Gasteiger charge is 2.18. The van der Waals surface area contributed by atoms with E-state index in [1.54, 1.807) is 16.9 Å². The van der Waals surface area contributed by atoms with Crippen LogP contribution in [0.4, 0.5) is 0 Å². The fraction of sp³-hybridized carbons (Fsp3) is 0.192. The van der Waals surface area contributed by atoms with Gasteiger partial charge in [0.05, 0.1) is 37.3 Å². The van der Waals surface area contributed by atoms with Crippen LogP contribution in [0.25, 0.3) is 16.9 Å². The molecule has 1 amide bonds. The zero-order valence-corrected chi connectivity index (χ0v) is 18.3. The highest BCUT2D eigenvalue weighted by atomic mass is 16.5. The normalized spacial score (nSPS) is 14.6. The van der Waals surface area contributed by atoms with E-state index >= 15 is 0 Å². The molecule has 1 saturated heterocycles. The van der Waals surface area contributed by atoms with E-state index in [9.17, 15) is 4.79 Å². The van der Waals surface area contributed by atoms with Gasteiger partial charge in [-0.2, -0.15) is 5.10 Å². The van der Waals surface area contributed by atoms with Gasteiger partial charge in [0.1, 0.15) is 5.69 Å². The lowest BCUT2D eigenvalue weighted by Crippen LogP contribution is -2.40. The first-order chi connectivity index (χ1) is 16.8. The van der Waals surface area contributed by atoms with Crippen molar-refractivity contribution in [1.29, 1.82) is 0 Å². The van der Waals surface area contributed by atoms with Crippen LogP contribution in [0.1, 0.15) is 32.9 Å². The van der Waals surface area contributed by atoms with E-state index in [2.05, 4.69) is 26.8 Å². The molecule has 0 aliphatic carbocycles. The van der Waals surface area contributed by atoms with Crippen LogP contribution < -0.4 is 0 Å². The van der Waals surface area contributed by atoms with Crippen LogP contribution in [0.3, 0.4) is 0 Å². The van der Waals surface area contributed by atoms with Crippen LogP contribution in [0.5, 0.6) is 0 Å². The zero-order chi connectivity index (χ0) is 22.9. The number of benzene rings is 1. The van der Waals surface area contributed by atoms with E-state index in [0.717, 1.165) is 28.1 Å². The molecule has 34 heavy (non-hydrogen) atoms. The molecule has 0 radical (unpaired) electrons. The molecule has 0 spiro atoms. The Morgan fingerprint density at radius 1 is 0.971 bits per heavy atom. The molecule has 0 saturated carbocycles. The molecule has 8 nitrogen and oxygen atoms in total. The molecule has 8 heteroatoms. The Bertz CT molecular complexity index is 1490. The second kappa shape index (κ2) is 8.54. The number of nitrogens with zero attached hydrogens (tertiary/aromatic N) is 6. The van der Waals surface area contributed by atoms with E-state index in [-0.39, 0.29) is 5.91 Å². The number of fused-ring (bicyclic) bond motifs is 2. The zero-order valence-electron chi connectivity index (χ0n) is 18.3. The summed E-state index contributed by atoms with van der Waals surface area (Å²) < 4.78 is 7.08. The molecular formula is C26H20N6O2. The topological polar surface area (TPSA) is 85.0 Å². The molecule has 0 unspecified atom stereocenters. The van der Waals surface area contributed by atoms with Crippen molar-refractivity contribution in [3.05, 3.63) is 82.9 Å². The lowest BCUT2D eigenvalue weighted by atomic mass is 10.1. The summed E-state index contributed by atoms with van der Waals surface area (Å²) in [4.78, 5) is 27.6. The lowest BCUT2D eigenvalue weighted by Gasteiger charge is -2.26. The molecule has 6 rings (SSSR count). The van der Waals surface area contributed by atoms with E-state index in [1.807, 2.05) is 53.6 Å². The van der Waals surface area contributed by atoms with Gasteiger partial charge in [0.15, 0.2) is 5.65 Å². The maximum atomic E-state index is 12.7. The maximum Gasteiger partial charge on any atom is 0.254 e. The summed E-state index contributed by atoms with van der Waals surface area (Å²) in [6.07, 6.45) is 5.30. The van der Waals surface area contributed by atoms with Crippen molar-refractivity contribution < 1.29 is 9.53 Å². The van der Waals surface area contributed by atoms with Gasteiger partial charge in [0.2, 0.25) is 0 Å². The van der Waals surface area contributed by atoms with E-state index in [4.69, 9.17) is 9.84 Å². The molecule has 0 atom stereocenters. The molecule has 2 aliphatic heterocycles. The number of aromatic nitrogens is 4. The van der Waals surface area contributed by atoms with E-state index < -0.39 is 0 Å². The molecule has 0 bridgehead atoms. The number of morpholine rings is 1. The minimum Gasteiger partial charge on any atom is -0.378 e.